The van der Waals surface area contributed by atoms with E-state index in [9.17, 15) is 13.2 Å². The molecule has 0 saturated carbocycles. The zero-order valence-electron chi connectivity index (χ0n) is 15.6. The molecule has 5 nitrogen and oxygen atoms in total. The fraction of sp³-hybridized carbons (Fsp3) is 0.474. The minimum Gasteiger partial charge on any atom is -0.351 e. The van der Waals surface area contributed by atoms with Crippen LogP contribution in [0.3, 0.4) is 0 Å². The standard InChI is InChI=1S/C19H22F3N5/c1-12-11-27-16-5-4-14(19(20,21)22)10-15(16)24-17(18(27)23-13(12)2)26-8-6-25(3)7-9-26/h4-5,10-11,13H,6-9H2,1-3H3. The first-order chi connectivity index (χ1) is 12.7. The molecule has 144 valence electrons. The van der Waals surface area contributed by atoms with Crippen molar-refractivity contribution in [2.45, 2.75) is 26.1 Å². The Kier molecular flexibility index (Phi) is 4.25. The number of anilines is 1. The molecule has 3 aliphatic heterocycles. The van der Waals surface area contributed by atoms with Crippen LogP contribution < -0.4 is 4.90 Å². The van der Waals surface area contributed by atoms with Gasteiger partial charge in [0.25, 0.3) is 0 Å². The first-order valence-corrected chi connectivity index (χ1v) is 9.03. The predicted molar refractivity (Wildman–Crippen MR) is 101 cm³/mol. The molecule has 0 N–H and O–H groups in total. The summed E-state index contributed by atoms with van der Waals surface area (Å²) in [7, 11) is 2.06. The summed E-state index contributed by atoms with van der Waals surface area (Å²) in [5.74, 6) is 1.37. The summed E-state index contributed by atoms with van der Waals surface area (Å²) in [5, 5.41) is 0. The second-order valence-corrected chi connectivity index (χ2v) is 7.30. The number of likely N-dealkylation sites (N-methyl/N-ethyl adjacent to an activating group) is 1. The maximum atomic E-state index is 13.2. The van der Waals surface area contributed by atoms with E-state index in [1.54, 1.807) is 0 Å². The number of alkyl halides is 3. The molecule has 0 bridgehead atoms. The average molecular weight is 377 g/mol. The molecule has 0 spiro atoms. The van der Waals surface area contributed by atoms with Crippen molar-refractivity contribution in [1.82, 2.24) is 9.80 Å². The summed E-state index contributed by atoms with van der Waals surface area (Å²) < 4.78 is 39.6. The third-order valence-corrected chi connectivity index (χ3v) is 5.33. The number of rotatable bonds is 0. The van der Waals surface area contributed by atoms with E-state index in [1.807, 2.05) is 24.9 Å². The molecule has 1 aromatic carbocycles. The second kappa shape index (κ2) is 6.37. The lowest BCUT2D eigenvalue weighted by atomic mass is 10.1. The number of benzene rings is 1. The minimum atomic E-state index is -4.39. The van der Waals surface area contributed by atoms with E-state index in [4.69, 9.17) is 4.99 Å². The van der Waals surface area contributed by atoms with Gasteiger partial charge in [0, 0.05) is 32.4 Å². The van der Waals surface area contributed by atoms with Gasteiger partial charge in [-0.2, -0.15) is 13.2 Å². The molecular formula is C19H22F3N5. The molecular weight excluding hydrogens is 355 g/mol. The zero-order valence-corrected chi connectivity index (χ0v) is 15.6. The van der Waals surface area contributed by atoms with E-state index < -0.39 is 11.7 Å². The van der Waals surface area contributed by atoms with E-state index in [0.29, 0.717) is 23.0 Å². The van der Waals surface area contributed by atoms with E-state index in [-0.39, 0.29) is 6.04 Å². The molecule has 0 aromatic heterocycles. The molecule has 0 radical (unpaired) electrons. The smallest absolute Gasteiger partial charge is 0.351 e. The van der Waals surface area contributed by atoms with Crippen molar-refractivity contribution >= 4 is 23.0 Å². The fourth-order valence-corrected chi connectivity index (χ4v) is 3.46. The van der Waals surface area contributed by atoms with Gasteiger partial charge in [0.15, 0.2) is 11.7 Å². The first kappa shape index (κ1) is 18.0. The van der Waals surface area contributed by atoms with Gasteiger partial charge in [0.2, 0.25) is 0 Å². The van der Waals surface area contributed by atoms with Gasteiger partial charge < -0.3 is 9.80 Å². The predicted octanol–water partition coefficient (Wildman–Crippen LogP) is 3.51. The third kappa shape index (κ3) is 3.22. The number of halogens is 3. The normalized spacial score (nSPS) is 23.3. The molecule has 1 aromatic rings. The van der Waals surface area contributed by atoms with Crippen molar-refractivity contribution in [3.8, 4) is 0 Å². The summed E-state index contributed by atoms with van der Waals surface area (Å²) in [5.41, 5.74) is 1.33. The Morgan fingerprint density at radius 2 is 1.78 bits per heavy atom. The largest absolute Gasteiger partial charge is 0.416 e. The van der Waals surface area contributed by atoms with Gasteiger partial charge >= 0.3 is 6.18 Å². The summed E-state index contributed by atoms with van der Waals surface area (Å²) in [6.07, 6.45) is -2.43. The van der Waals surface area contributed by atoms with Crippen molar-refractivity contribution in [3.05, 3.63) is 35.5 Å². The fourth-order valence-electron chi connectivity index (χ4n) is 3.46. The lowest BCUT2D eigenvalue weighted by Gasteiger charge is -2.40. The summed E-state index contributed by atoms with van der Waals surface area (Å²) >= 11 is 0. The lowest BCUT2D eigenvalue weighted by Crippen LogP contribution is -2.53. The van der Waals surface area contributed by atoms with Crippen LogP contribution in [0.1, 0.15) is 19.4 Å². The van der Waals surface area contributed by atoms with E-state index >= 15 is 0 Å². The van der Waals surface area contributed by atoms with Crippen molar-refractivity contribution in [2.75, 3.05) is 38.1 Å². The zero-order chi connectivity index (χ0) is 19.3. The molecule has 1 unspecified atom stereocenters. The summed E-state index contributed by atoms with van der Waals surface area (Å²) in [4.78, 5) is 15.7. The molecule has 3 aliphatic rings. The monoisotopic (exact) mass is 377 g/mol. The highest BCUT2D eigenvalue weighted by molar-refractivity contribution is 6.48. The molecule has 4 rings (SSSR count). The Hall–Kier alpha value is -2.35. The quantitative estimate of drug-likeness (QED) is 0.694. The van der Waals surface area contributed by atoms with Gasteiger partial charge in [-0.05, 0) is 44.7 Å². The number of hydrogen-bond acceptors (Lipinski definition) is 5. The number of fused-ring (bicyclic) bond motifs is 3. The van der Waals surface area contributed by atoms with Gasteiger partial charge in [-0.15, -0.1) is 0 Å². The maximum Gasteiger partial charge on any atom is 0.416 e. The Morgan fingerprint density at radius 1 is 1.07 bits per heavy atom. The molecule has 8 heteroatoms. The lowest BCUT2D eigenvalue weighted by molar-refractivity contribution is -0.137. The summed E-state index contributed by atoms with van der Waals surface area (Å²) in [6, 6.07) is 3.74. The Balaban J connectivity index is 1.82. The van der Waals surface area contributed by atoms with Crippen molar-refractivity contribution in [2.24, 2.45) is 9.98 Å². The first-order valence-electron chi connectivity index (χ1n) is 9.03. The average Bonchev–Trinajstić information content (AvgIpc) is 2.62. The minimum absolute atomic E-state index is 0.0184. The van der Waals surface area contributed by atoms with Crippen LogP contribution in [-0.4, -0.2) is 60.7 Å². The van der Waals surface area contributed by atoms with Crippen molar-refractivity contribution < 1.29 is 13.2 Å². The van der Waals surface area contributed by atoms with Crippen LogP contribution >= 0.6 is 0 Å². The van der Waals surface area contributed by atoms with Crippen molar-refractivity contribution in [1.29, 1.82) is 0 Å². The number of piperazine rings is 1. The van der Waals surface area contributed by atoms with Crippen LogP contribution in [-0.2, 0) is 6.18 Å². The van der Waals surface area contributed by atoms with Crippen molar-refractivity contribution in [3.63, 3.8) is 0 Å². The van der Waals surface area contributed by atoms with Crippen LogP contribution in [0.15, 0.2) is 40.0 Å². The Morgan fingerprint density at radius 3 is 2.44 bits per heavy atom. The van der Waals surface area contributed by atoms with Gasteiger partial charge in [-0.1, -0.05) is 0 Å². The SMILES string of the molecule is CC1=CN2C(=NC1C)C(N1CCN(C)CC1)=Nc1cc(C(F)(F)F)ccc12. The molecule has 27 heavy (non-hydrogen) atoms. The Labute approximate surface area is 156 Å². The second-order valence-electron chi connectivity index (χ2n) is 7.30. The van der Waals surface area contributed by atoms with Gasteiger partial charge in [-0.25, -0.2) is 4.99 Å². The third-order valence-electron chi connectivity index (χ3n) is 5.33. The molecule has 1 fully saturated rings. The van der Waals surface area contributed by atoms with E-state index in [2.05, 4.69) is 21.8 Å². The molecule has 3 heterocycles. The van der Waals surface area contributed by atoms with Crippen LogP contribution in [0, 0.1) is 0 Å². The number of nitrogens with zero attached hydrogens (tertiary/aromatic N) is 5. The van der Waals surface area contributed by atoms with E-state index in [1.165, 1.54) is 6.07 Å². The van der Waals surface area contributed by atoms with Gasteiger partial charge in [0.05, 0.1) is 23.0 Å². The van der Waals surface area contributed by atoms with Gasteiger partial charge in [0.1, 0.15) is 0 Å². The highest BCUT2D eigenvalue weighted by Gasteiger charge is 2.36. The van der Waals surface area contributed by atoms with E-state index in [0.717, 1.165) is 43.9 Å². The van der Waals surface area contributed by atoms with Gasteiger partial charge in [-0.3, -0.25) is 9.89 Å². The molecule has 0 aliphatic carbocycles. The molecule has 0 amide bonds. The topological polar surface area (TPSA) is 34.4 Å². The Bertz CT molecular complexity index is 847. The summed E-state index contributed by atoms with van der Waals surface area (Å²) in [6.45, 7) is 7.30. The highest BCUT2D eigenvalue weighted by Crippen LogP contribution is 2.40. The number of amidine groups is 2. The maximum absolute atomic E-state index is 13.2. The molecule has 1 saturated heterocycles. The van der Waals surface area contributed by atoms with Crippen LogP contribution in [0.4, 0.5) is 24.5 Å². The molecule has 1 atom stereocenters. The number of aliphatic imine (C=N–C) groups is 2. The van der Waals surface area contributed by atoms with Crippen LogP contribution in [0.2, 0.25) is 0 Å². The van der Waals surface area contributed by atoms with Crippen LogP contribution in [0.5, 0.6) is 0 Å². The highest BCUT2D eigenvalue weighted by atomic mass is 19.4. The van der Waals surface area contributed by atoms with Crippen LogP contribution in [0.25, 0.3) is 0 Å². The number of hydrogen-bond donors (Lipinski definition) is 0.